The number of amides is 1. The highest BCUT2D eigenvalue weighted by atomic mass is 16.5. The van der Waals surface area contributed by atoms with Gasteiger partial charge in [0.15, 0.2) is 0 Å². The van der Waals surface area contributed by atoms with Crippen molar-refractivity contribution in [1.82, 2.24) is 4.90 Å². The van der Waals surface area contributed by atoms with Crippen LogP contribution in [0.3, 0.4) is 0 Å². The Kier molecular flexibility index (Phi) is 5.74. The fourth-order valence-corrected chi connectivity index (χ4v) is 3.85. The van der Waals surface area contributed by atoms with E-state index in [9.17, 15) is 4.79 Å². The van der Waals surface area contributed by atoms with Gasteiger partial charge in [-0.1, -0.05) is 24.6 Å². The summed E-state index contributed by atoms with van der Waals surface area (Å²) >= 11 is 0. The van der Waals surface area contributed by atoms with E-state index in [1.54, 1.807) is 0 Å². The monoisotopic (exact) mass is 331 g/mol. The quantitative estimate of drug-likeness (QED) is 0.917. The van der Waals surface area contributed by atoms with Crippen LogP contribution in [0.15, 0.2) is 24.3 Å². The molecule has 1 aromatic rings. The first-order valence-electron chi connectivity index (χ1n) is 9.06. The fourth-order valence-electron chi connectivity index (χ4n) is 3.85. The fraction of sp³-hybridized carbons (Fsp3) is 0.632. The summed E-state index contributed by atoms with van der Waals surface area (Å²) in [6.07, 6.45) is 3.92. The van der Waals surface area contributed by atoms with Gasteiger partial charge >= 0.3 is 0 Å². The number of rotatable bonds is 4. The van der Waals surface area contributed by atoms with E-state index in [2.05, 4.69) is 23.1 Å². The summed E-state index contributed by atoms with van der Waals surface area (Å²) in [5.74, 6) is 0.330. The number of nitrogens with two attached hydrogens (primary N) is 1. The Hall–Kier alpha value is -1.59. The molecule has 0 unspecified atom stereocenters. The highest BCUT2D eigenvalue weighted by molar-refractivity contribution is 5.79. The second-order valence-corrected chi connectivity index (χ2v) is 7.05. The van der Waals surface area contributed by atoms with Crippen LogP contribution in [-0.2, 0) is 16.1 Å². The Labute approximate surface area is 144 Å². The molecule has 2 atom stereocenters. The van der Waals surface area contributed by atoms with Gasteiger partial charge in [-0.05, 0) is 30.9 Å². The largest absolute Gasteiger partial charge is 0.378 e. The lowest BCUT2D eigenvalue weighted by atomic mass is 9.85. The van der Waals surface area contributed by atoms with Crippen LogP contribution < -0.4 is 10.6 Å². The number of carbonyl (C=O) groups is 1. The first kappa shape index (κ1) is 17.2. The molecule has 0 spiro atoms. The normalized spacial score (nSPS) is 24.7. The number of hydrogen-bond donors (Lipinski definition) is 1. The van der Waals surface area contributed by atoms with Crippen LogP contribution in [0.1, 0.15) is 31.2 Å². The zero-order valence-electron chi connectivity index (χ0n) is 14.6. The summed E-state index contributed by atoms with van der Waals surface area (Å²) in [5, 5.41) is 0. The molecule has 1 aliphatic carbocycles. The van der Waals surface area contributed by atoms with Crippen LogP contribution in [0.2, 0.25) is 0 Å². The molecular weight excluding hydrogens is 302 g/mol. The smallest absolute Gasteiger partial charge is 0.225 e. The highest BCUT2D eigenvalue weighted by Gasteiger charge is 2.28. The van der Waals surface area contributed by atoms with Crippen molar-refractivity contribution in [2.75, 3.05) is 38.3 Å². The van der Waals surface area contributed by atoms with Crippen molar-refractivity contribution in [3.05, 3.63) is 29.8 Å². The molecule has 0 radical (unpaired) electrons. The van der Waals surface area contributed by atoms with E-state index in [1.807, 2.05) is 18.0 Å². The van der Waals surface area contributed by atoms with Crippen molar-refractivity contribution in [1.29, 1.82) is 0 Å². The molecule has 0 aromatic heterocycles. The Morgan fingerprint density at radius 1 is 1.29 bits per heavy atom. The number of para-hydroxylation sites is 1. The van der Waals surface area contributed by atoms with Crippen molar-refractivity contribution in [2.45, 2.75) is 38.3 Å². The summed E-state index contributed by atoms with van der Waals surface area (Å²) in [4.78, 5) is 17.0. The van der Waals surface area contributed by atoms with E-state index >= 15 is 0 Å². The van der Waals surface area contributed by atoms with Crippen LogP contribution in [0, 0.1) is 5.92 Å². The van der Waals surface area contributed by atoms with Crippen molar-refractivity contribution >= 4 is 11.6 Å². The van der Waals surface area contributed by atoms with Crippen LogP contribution in [0.5, 0.6) is 0 Å². The highest BCUT2D eigenvalue weighted by Crippen LogP contribution is 2.27. The lowest BCUT2D eigenvalue weighted by Gasteiger charge is -2.33. The summed E-state index contributed by atoms with van der Waals surface area (Å²) in [6.45, 7) is 4.00. The van der Waals surface area contributed by atoms with Gasteiger partial charge in [0.05, 0.1) is 13.2 Å². The Morgan fingerprint density at radius 3 is 2.79 bits per heavy atom. The van der Waals surface area contributed by atoms with Crippen molar-refractivity contribution in [2.24, 2.45) is 11.7 Å². The van der Waals surface area contributed by atoms with Gasteiger partial charge in [0.2, 0.25) is 5.91 Å². The van der Waals surface area contributed by atoms with Crippen LogP contribution in [0.4, 0.5) is 5.69 Å². The van der Waals surface area contributed by atoms with E-state index in [1.165, 1.54) is 11.3 Å². The number of hydrogen-bond acceptors (Lipinski definition) is 4. The number of nitrogens with zero attached hydrogens (tertiary/aromatic N) is 2. The zero-order valence-corrected chi connectivity index (χ0v) is 14.6. The van der Waals surface area contributed by atoms with Gasteiger partial charge in [-0.25, -0.2) is 0 Å². The van der Waals surface area contributed by atoms with Crippen molar-refractivity contribution in [3.63, 3.8) is 0 Å². The van der Waals surface area contributed by atoms with E-state index in [0.717, 1.165) is 52.0 Å². The SMILES string of the molecule is CN(Cc1ccccc1N1CCOCC1)C(=O)[C@H]1CCC[C@H](N)C1. The minimum Gasteiger partial charge on any atom is -0.378 e. The molecule has 5 heteroatoms. The first-order chi connectivity index (χ1) is 11.6. The molecule has 0 bridgehead atoms. The van der Waals surface area contributed by atoms with Crippen LogP contribution in [-0.4, -0.2) is 50.2 Å². The number of ether oxygens (including phenoxy) is 1. The van der Waals surface area contributed by atoms with E-state index in [0.29, 0.717) is 6.54 Å². The van der Waals surface area contributed by atoms with Crippen LogP contribution >= 0.6 is 0 Å². The van der Waals surface area contributed by atoms with E-state index in [-0.39, 0.29) is 17.9 Å². The second kappa shape index (κ2) is 7.99. The first-order valence-corrected chi connectivity index (χ1v) is 9.06. The van der Waals surface area contributed by atoms with Gasteiger partial charge in [0.25, 0.3) is 0 Å². The molecule has 2 N–H and O–H groups in total. The Bertz CT molecular complexity index is 557. The standard InChI is InChI=1S/C19H29N3O2/c1-21(19(23)15-6-4-7-17(20)13-15)14-16-5-2-3-8-18(16)22-9-11-24-12-10-22/h2-3,5,8,15,17H,4,6-7,9-14,20H2,1H3/t15-,17-/m0/s1. The number of benzene rings is 1. The molecule has 2 fully saturated rings. The molecule has 1 aliphatic heterocycles. The maximum Gasteiger partial charge on any atom is 0.225 e. The maximum atomic E-state index is 12.8. The molecule has 1 saturated heterocycles. The third-order valence-electron chi connectivity index (χ3n) is 5.19. The molecule has 5 nitrogen and oxygen atoms in total. The molecule has 2 aliphatic rings. The number of morpholine rings is 1. The van der Waals surface area contributed by atoms with Gasteiger partial charge in [-0.15, -0.1) is 0 Å². The molecule has 24 heavy (non-hydrogen) atoms. The third-order valence-corrected chi connectivity index (χ3v) is 5.19. The minimum atomic E-state index is 0.0919. The summed E-state index contributed by atoms with van der Waals surface area (Å²) in [6, 6.07) is 8.57. The third kappa shape index (κ3) is 4.08. The predicted octanol–water partition coefficient (Wildman–Crippen LogP) is 2.00. The average molecular weight is 331 g/mol. The minimum absolute atomic E-state index is 0.0919. The Balaban J connectivity index is 1.67. The van der Waals surface area contributed by atoms with E-state index < -0.39 is 0 Å². The number of carbonyl (C=O) groups excluding carboxylic acids is 1. The maximum absolute atomic E-state index is 12.8. The van der Waals surface area contributed by atoms with Gasteiger partial charge in [-0.3, -0.25) is 4.79 Å². The van der Waals surface area contributed by atoms with Gasteiger partial charge in [0, 0.05) is 44.3 Å². The van der Waals surface area contributed by atoms with Crippen LogP contribution in [0.25, 0.3) is 0 Å². The van der Waals surface area contributed by atoms with Gasteiger partial charge in [-0.2, -0.15) is 0 Å². The predicted molar refractivity (Wildman–Crippen MR) is 95.9 cm³/mol. The molecule has 3 rings (SSSR count). The Morgan fingerprint density at radius 2 is 2.04 bits per heavy atom. The topological polar surface area (TPSA) is 58.8 Å². The van der Waals surface area contributed by atoms with Crippen molar-refractivity contribution in [3.8, 4) is 0 Å². The van der Waals surface area contributed by atoms with Gasteiger partial charge < -0.3 is 20.3 Å². The van der Waals surface area contributed by atoms with Gasteiger partial charge in [0.1, 0.15) is 0 Å². The molecule has 132 valence electrons. The summed E-state index contributed by atoms with van der Waals surface area (Å²) < 4.78 is 5.45. The molecule has 1 saturated carbocycles. The number of anilines is 1. The average Bonchev–Trinajstić information content (AvgIpc) is 2.62. The summed E-state index contributed by atoms with van der Waals surface area (Å²) in [7, 11) is 1.92. The van der Waals surface area contributed by atoms with Crippen molar-refractivity contribution < 1.29 is 9.53 Å². The lowest BCUT2D eigenvalue weighted by Crippen LogP contribution is -2.39. The second-order valence-electron chi connectivity index (χ2n) is 7.05. The molecular formula is C19H29N3O2. The zero-order chi connectivity index (χ0) is 16.9. The summed E-state index contributed by atoms with van der Waals surface area (Å²) in [5.41, 5.74) is 8.48. The lowest BCUT2D eigenvalue weighted by molar-refractivity contribution is -0.135. The molecule has 1 amide bonds. The molecule has 1 aromatic carbocycles. The molecule has 1 heterocycles. The van der Waals surface area contributed by atoms with E-state index in [4.69, 9.17) is 10.5 Å².